The first-order valence-corrected chi connectivity index (χ1v) is 9.54. The number of aryl methyl sites for hydroxylation is 1. The van der Waals surface area contributed by atoms with Crippen LogP contribution in [0.5, 0.6) is 5.75 Å². The van der Waals surface area contributed by atoms with Crippen molar-refractivity contribution in [2.45, 2.75) is 32.7 Å². The van der Waals surface area contributed by atoms with Gasteiger partial charge in [-0.25, -0.2) is 4.39 Å². The van der Waals surface area contributed by atoms with Gasteiger partial charge in [0.15, 0.2) is 6.61 Å². The van der Waals surface area contributed by atoms with Gasteiger partial charge in [0.25, 0.3) is 5.91 Å². The first-order chi connectivity index (χ1) is 13.5. The summed E-state index contributed by atoms with van der Waals surface area (Å²) in [6.45, 7) is 7.51. The number of halogens is 1. The minimum Gasteiger partial charge on any atom is -0.484 e. The fraction of sp³-hybridized carbons (Fsp3) is 0.348. The molecule has 0 spiro atoms. The molecular formula is C23H29FN2O2. The molecule has 0 heterocycles. The van der Waals surface area contributed by atoms with E-state index in [9.17, 15) is 9.18 Å². The number of hydrogen-bond acceptors (Lipinski definition) is 3. The summed E-state index contributed by atoms with van der Waals surface area (Å²) in [5, 5.41) is 5.84. The molecule has 0 radical (unpaired) electrons. The molecule has 0 aliphatic heterocycles. The topological polar surface area (TPSA) is 50.4 Å². The number of benzene rings is 2. The summed E-state index contributed by atoms with van der Waals surface area (Å²) in [4.78, 5) is 12.0. The number of alkyl halides is 1. The van der Waals surface area contributed by atoms with Crippen LogP contribution in [0.3, 0.4) is 0 Å². The molecule has 1 amide bonds. The Labute approximate surface area is 166 Å². The Balaban J connectivity index is 2.07. The van der Waals surface area contributed by atoms with Crippen LogP contribution < -0.4 is 15.4 Å². The van der Waals surface area contributed by atoms with E-state index in [0.29, 0.717) is 12.2 Å². The van der Waals surface area contributed by atoms with Gasteiger partial charge in [-0.15, -0.1) is 0 Å². The third-order valence-corrected chi connectivity index (χ3v) is 4.51. The molecule has 0 aromatic heterocycles. The highest BCUT2D eigenvalue weighted by Crippen LogP contribution is 2.30. The second kappa shape index (κ2) is 10.5. The molecule has 0 bridgehead atoms. The predicted octanol–water partition coefficient (Wildman–Crippen LogP) is 4.73. The Bertz CT molecular complexity index is 820. The standard InChI is InChI=1S/C23H29FN2O2/c1-5-7-19(14-24)26-23(27)15-28-20-9-6-8-18(13-20)17(3)21-12-16(2)10-11-22(21)25-4/h6,8-13,19,25H,3,5,7,14-15H2,1-2,4H3,(H,26,27). The molecule has 2 rings (SSSR count). The van der Waals surface area contributed by atoms with E-state index in [1.54, 1.807) is 6.07 Å². The quantitative estimate of drug-likeness (QED) is 0.623. The first kappa shape index (κ1) is 21.5. The fourth-order valence-corrected chi connectivity index (χ4v) is 3.01. The largest absolute Gasteiger partial charge is 0.484 e. The Morgan fingerprint density at radius 3 is 2.71 bits per heavy atom. The maximum Gasteiger partial charge on any atom is 0.258 e. The lowest BCUT2D eigenvalue weighted by Crippen LogP contribution is -2.39. The lowest BCUT2D eigenvalue weighted by Gasteiger charge is -2.16. The Morgan fingerprint density at radius 2 is 2.04 bits per heavy atom. The number of hydrogen-bond donors (Lipinski definition) is 2. The number of rotatable bonds is 10. The van der Waals surface area contributed by atoms with Crippen molar-refractivity contribution in [2.24, 2.45) is 0 Å². The van der Waals surface area contributed by atoms with Crippen LogP contribution in [0.25, 0.3) is 5.57 Å². The van der Waals surface area contributed by atoms with Crippen molar-refractivity contribution in [2.75, 3.05) is 25.6 Å². The van der Waals surface area contributed by atoms with E-state index in [0.717, 1.165) is 34.4 Å². The highest BCUT2D eigenvalue weighted by molar-refractivity contribution is 5.85. The number of anilines is 1. The minimum atomic E-state index is -0.570. The van der Waals surface area contributed by atoms with Crippen LogP contribution in [0.1, 0.15) is 36.5 Å². The lowest BCUT2D eigenvalue weighted by atomic mass is 9.96. The molecule has 0 fully saturated rings. The van der Waals surface area contributed by atoms with Gasteiger partial charge in [0.2, 0.25) is 0 Å². The van der Waals surface area contributed by atoms with Gasteiger partial charge < -0.3 is 15.4 Å². The van der Waals surface area contributed by atoms with E-state index in [1.165, 1.54) is 0 Å². The summed E-state index contributed by atoms with van der Waals surface area (Å²) >= 11 is 0. The van der Waals surface area contributed by atoms with Crippen LogP contribution in [0.15, 0.2) is 49.0 Å². The molecule has 5 heteroatoms. The number of nitrogens with one attached hydrogen (secondary N) is 2. The molecule has 0 saturated heterocycles. The molecule has 0 aliphatic rings. The summed E-state index contributed by atoms with van der Waals surface area (Å²) in [6, 6.07) is 13.2. The Morgan fingerprint density at radius 1 is 1.25 bits per heavy atom. The van der Waals surface area contributed by atoms with Crippen molar-refractivity contribution in [3.05, 3.63) is 65.7 Å². The van der Waals surface area contributed by atoms with E-state index in [-0.39, 0.29) is 12.5 Å². The van der Waals surface area contributed by atoms with Crippen LogP contribution in [-0.4, -0.2) is 32.3 Å². The molecule has 0 saturated carbocycles. The molecule has 2 aromatic rings. The summed E-state index contributed by atoms with van der Waals surface area (Å²) in [5.74, 6) is 0.247. The third-order valence-electron chi connectivity index (χ3n) is 4.51. The lowest BCUT2D eigenvalue weighted by molar-refractivity contribution is -0.124. The van der Waals surface area contributed by atoms with Gasteiger partial charge in [-0.1, -0.05) is 43.7 Å². The molecule has 28 heavy (non-hydrogen) atoms. The zero-order valence-corrected chi connectivity index (χ0v) is 16.8. The van der Waals surface area contributed by atoms with Crippen molar-refractivity contribution in [3.8, 4) is 5.75 Å². The average Bonchev–Trinajstić information content (AvgIpc) is 2.71. The van der Waals surface area contributed by atoms with Crippen molar-refractivity contribution in [3.63, 3.8) is 0 Å². The number of ether oxygens (including phenoxy) is 1. The van der Waals surface area contributed by atoms with Crippen LogP contribution in [0.4, 0.5) is 10.1 Å². The molecule has 0 aliphatic carbocycles. The monoisotopic (exact) mass is 384 g/mol. The summed E-state index contributed by atoms with van der Waals surface area (Å²) < 4.78 is 18.5. The molecule has 4 nitrogen and oxygen atoms in total. The normalized spacial score (nSPS) is 11.6. The van der Waals surface area contributed by atoms with Crippen molar-refractivity contribution in [1.29, 1.82) is 0 Å². The summed E-state index contributed by atoms with van der Waals surface area (Å²) in [7, 11) is 1.88. The predicted molar refractivity (Wildman–Crippen MR) is 114 cm³/mol. The molecule has 1 atom stereocenters. The van der Waals surface area contributed by atoms with Gasteiger partial charge in [-0.05, 0) is 48.7 Å². The van der Waals surface area contributed by atoms with E-state index in [4.69, 9.17) is 4.74 Å². The third kappa shape index (κ3) is 5.84. The van der Waals surface area contributed by atoms with E-state index < -0.39 is 12.7 Å². The first-order valence-electron chi connectivity index (χ1n) is 9.54. The van der Waals surface area contributed by atoms with Gasteiger partial charge in [0, 0.05) is 18.3 Å². The summed E-state index contributed by atoms with van der Waals surface area (Å²) in [5.41, 5.74) is 4.93. The highest BCUT2D eigenvalue weighted by Gasteiger charge is 2.12. The molecule has 2 N–H and O–H groups in total. The van der Waals surface area contributed by atoms with Crippen LogP contribution in [0.2, 0.25) is 0 Å². The number of carbonyl (C=O) groups is 1. The maximum absolute atomic E-state index is 12.9. The van der Waals surface area contributed by atoms with Gasteiger partial charge in [0.05, 0.1) is 6.04 Å². The van der Waals surface area contributed by atoms with Gasteiger partial charge in [0.1, 0.15) is 12.4 Å². The second-order valence-electron chi connectivity index (χ2n) is 6.80. The van der Waals surface area contributed by atoms with Gasteiger partial charge >= 0.3 is 0 Å². The van der Waals surface area contributed by atoms with Gasteiger partial charge in [-0.2, -0.15) is 0 Å². The van der Waals surface area contributed by atoms with E-state index in [1.807, 2.05) is 51.2 Å². The van der Waals surface area contributed by atoms with Crippen molar-refractivity contribution < 1.29 is 13.9 Å². The number of carbonyl (C=O) groups excluding carboxylic acids is 1. The van der Waals surface area contributed by atoms with Gasteiger partial charge in [-0.3, -0.25) is 4.79 Å². The number of amides is 1. The SMILES string of the molecule is C=C(c1cccc(OCC(=O)NC(CF)CCC)c1)c1cc(C)ccc1NC. The maximum atomic E-state index is 12.9. The zero-order valence-electron chi connectivity index (χ0n) is 16.8. The Kier molecular flexibility index (Phi) is 8.05. The van der Waals surface area contributed by atoms with E-state index >= 15 is 0 Å². The van der Waals surface area contributed by atoms with Crippen molar-refractivity contribution >= 4 is 17.2 Å². The van der Waals surface area contributed by atoms with E-state index in [2.05, 4.69) is 23.3 Å². The molecule has 150 valence electrons. The van der Waals surface area contributed by atoms with Crippen LogP contribution >= 0.6 is 0 Å². The molecular weight excluding hydrogens is 355 g/mol. The minimum absolute atomic E-state index is 0.150. The van der Waals surface area contributed by atoms with Crippen LogP contribution in [0, 0.1) is 6.92 Å². The highest BCUT2D eigenvalue weighted by atomic mass is 19.1. The van der Waals surface area contributed by atoms with Crippen LogP contribution in [-0.2, 0) is 4.79 Å². The average molecular weight is 384 g/mol. The smallest absolute Gasteiger partial charge is 0.258 e. The van der Waals surface area contributed by atoms with Crippen molar-refractivity contribution in [1.82, 2.24) is 5.32 Å². The Hall–Kier alpha value is -2.82. The zero-order chi connectivity index (χ0) is 20.5. The fourth-order valence-electron chi connectivity index (χ4n) is 3.01. The molecule has 2 aromatic carbocycles. The molecule has 1 unspecified atom stereocenters. The second-order valence-corrected chi connectivity index (χ2v) is 6.80. The summed E-state index contributed by atoms with van der Waals surface area (Å²) in [6.07, 6.45) is 1.43.